The second-order valence-electron chi connectivity index (χ2n) is 9.01. The fraction of sp³-hybridized carbons (Fsp3) is 0.565. The minimum atomic E-state index is -0.935. The van der Waals surface area contributed by atoms with Crippen molar-refractivity contribution in [2.45, 2.75) is 58.0 Å². The van der Waals surface area contributed by atoms with Crippen LogP contribution < -0.4 is 5.73 Å². The Kier molecular flexibility index (Phi) is 5.59. The van der Waals surface area contributed by atoms with E-state index in [4.69, 9.17) is 5.73 Å². The lowest BCUT2D eigenvalue weighted by Crippen LogP contribution is -2.63. The molecule has 2 fully saturated rings. The number of benzene rings is 1. The van der Waals surface area contributed by atoms with Gasteiger partial charge in [0.25, 0.3) is 0 Å². The highest BCUT2D eigenvalue weighted by molar-refractivity contribution is 5.99. The first kappa shape index (κ1) is 20.9. The molecule has 2 aromatic rings. The van der Waals surface area contributed by atoms with Crippen LogP contribution in [0.4, 0.5) is 0 Å². The molecule has 30 heavy (non-hydrogen) atoms. The van der Waals surface area contributed by atoms with E-state index in [0.29, 0.717) is 19.4 Å². The number of fused-ring (bicyclic) bond motifs is 1. The van der Waals surface area contributed by atoms with Crippen LogP contribution in [0, 0.1) is 13.8 Å². The van der Waals surface area contributed by atoms with E-state index in [-0.39, 0.29) is 11.6 Å². The van der Waals surface area contributed by atoms with Gasteiger partial charge in [-0.05, 0) is 69.8 Å². The lowest BCUT2D eigenvalue weighted by atomic mass is 9.83. The van der Waals surface area contributed by atoms with E-state index in [1.165, 1.54) is 6.42 Å². The van der Waals surface area contributed by atoms with Crippen LogP contribution in [0.2, 0.25) is 0 Å². The minimum absolute atomic E-state index is 0.214. The van der Waals surface area contributed by atoms with E-state index in [2.05, 4.69) is 20.9 Å². The molecule has 4 N–H and O–H groups in total. The number of hydrogen-bond acceptors (Lipinski definition) is 4. The predicted octanol–water partition coefficient (Wildman–Crippen LogP) is 2.79. The molecule has 2 saturated heterocycles. The Morgan fingerprint density at radius 3 is 2.37 bits per heavy atom. The summed E-state index contributed by atoms with van der Waals surface area (Å²) in [5.41, 5.74) is 9.51. The van der Waals surface area contributed by atoms with Crippen LogP contribution in [0.1, 0.15) is 59.3 Å². The molecule has 4 rings (SSSR count). The van der Waals surface area contributed by atoms with Gasteiger partial charge in [0, 0.05) is 36.1 Å². The number of H-pyrrole nitrogens is 1. The van der Waals surface area contributed by atoms with Gasteiger partial charge in [-0.1, -0.05) is 12.5 Å². The Labute approximate surface area is 177 Å². The Bertz CT molecular complexity index is 966. The number of carbonyl (C=O) groups is 2. The third-order valence-corrected chi connectivity index (χ3v) is 7.04. The third-order valence-electron chi connectivity index (χ3n) is 7.04. The molecule has 1 aromatic carbocycles. The molecule has 3 heterocycles. The molecule has 1 aromatic heterocycles. The normalized spacial score (nSPS) is 20.5. The number of amides is 1. The van der Waals surface area contributed by atoms with Crippen molar-refractivity contribution in [1.82, 2.24) is 14.8 Å². The molecule has 1 amide bonds. The number of carboxylic acid groups (broad SMARTS) is 1. The monoisotopic (exact) mass is 412 g/mol. The van der Waals surface area contributed by atoms with E-state index in [1.54, 1.807) is 0 Å². The number of nitrogens with zero attached hydrogens (tertiary/aromatic N) is 2. The average molecular weight is 413 g/mol. The van der Waals surface area contributed by atoms with E-state index in [9.17, 15) is 14.7 Å². The van der Waals surface area contributed by atoms with Crippen molar-refractivity contribution in [2.75, 3.05) is 26.2 Å². The zero-order valence-electron chi connectivity index (χ0n) is 18.0. The molecule has 0 unspecified atom stereocenters. The fourth-order valence-electron chi connectivity index (χ4n) is 5.49. The second-order valence-corrected chi connectivity index (χ2v) is 9.01. The number of aromatic amines is 1. The number of aromatic carboxylic acids is 1. The lowest BCUT2D eigenvalue weighted by Gasteiger charge is -2.48. The lowest BCUT2D eigenvalue weighted by molar-refractivity contribution is -0.135. The number of rotatable bonds is 5. The second kappa shape index (κ2) is 8.04. The van der Waals surface area contributed by atoms with Gasteiger partial charge in [-0.2, -0.15) is 0 Å². The Morgan fingerprint density at radius 1 is 1.10 bits per heavy atom. The molecule has 0 bridgehead atoms. The summed E-state index contributed by atoms with van der Waals surface area (Å²) in [6, 6.07) is 4.10. The average Bonchev–Trinajstić information content (AvgIpc) is 3.08. The molecule has 0 radical (unpaired) electrons. The van der Waals surface area contributed by atoms with Gasteiger partial charge < -0.3 is 15.8 Å². The largest absolute Gasteiger partial charge is 0.477 e. The molecule has 2 aliphatic heterocycles. The first-order valence-electron chi connectivity index (χ1n) is 10.9. The first-order chi connectivity index (χ1) is 14.3. The number of carboxylic acids is 1. The van der Waals surface area contributed by atoms with Crippen LogP contribution in [0.3, 0.4) is 0 Å². The van der Waals surface area contributed by atoms with Crippen LogP contribution >= 0.6 is 0 Å². The number of nitrogens with two attached hydrogens (primary N) is 1. The minimum Gasteiger partial charge on any atom is -0.477 e. The number of carbonyl (C=O) groups excluding carboxylic acids is 1. The number of aromatic nitrogens is 1. The molecule has 0 atom stereocenters. The number of aryl methyl sites for hydroxylation is 2. The number of hydrogen-bond donors (Lipinski definition) is 3. The molecule has 0 saturated carbocycles. The zero-order chi connectivity index (χ0) is 21.5. The standard InChI is InChI=1S/C23H32N4O3/c1-15-12-16(2)19-17(20(21(28)29)25-18(19)13-15)14-26-10-6-23(7-11-26,22(24)30)27-8-4-3-5-9-27/h12-13,25H,3-11,14H2,1-2H3,(H2,24,30)(H,28,29). The summed E-state index contributed by atoms with van der Waals surface area (Å²) in [5.74, 6) is -1.15. The number of primary amides is 1. The van der Waals surface area contributed by atoms with Crippen molar-refractivity contribution >= 4 is 22.8 Å². The van der Waals surface area contributed by atoms with E-state index in [0.717, 1.165) is 66.6 Å². The number of piperidine rings is 2. The van der Waals surface area contributed by atoms with Gasteiger partial charge in [0.15, 0.2) is 0 Å². The van der Waals surface area contributed by atoms with E-state index in [1.807, 2.05) is 19.9 Å². The molecular formula is C23H32N4O3. The van der Waals surface area contributed by atoms with Crippen molar-refractivity contribution in [3.8, 4) is 0 Å². The van der Waals surface area contributed by atoms with Crippen molar-refractivity contribution < 1.29 is 14.7 Å². The Balaban J connectivity index is 1.58. The van der Waals surface area contributed by atoms with Gasteiger partial charge in [-0.3, -0.25) is 14.6 Å². The maximum atomic E-state index is 12.5. The summed E-state index contributed by atoms with van der Waals surface area (Å²) in [6.45, 7) is 7.94. The predicted molar refractivity (Wildman–Crippen MR) is 117 cm³/mol. The van der Waals surface area contributed by atoms with Crippen LogP contribution in [-0.4, -0.2) is 63.5 Å². The van der Waals surface area contributed by atoms with Crippen molar-refractivity contribution in [3.05, 3.63) is 34.5 Å². The van der Waals surface area contributed by atoms with Crippen molar-refractivity contribution in [2.24, 2.45) is 5.73 Å². The summed E-state index contributed by atoms with van der Waals surface area (Å²) in [6.07, 6.45) is 4.86. The zero-order valence-corrected chi connectivity index (χ0v) is 18.0. The van der Waals surface area contributed by atoms with Crippen LogP contribution in [0.25, 0.3) is 10.9 Å². The maximum Gasteiger partial charge on any atom is 0.352 e. The first-order valence-corrected chi connectivity index (χ1v) is 10.9. The molecular weight excluding hydrogens is 380 g/mol. The highest BCUT2D eigenvalue weighted by Crippen LogP contribution is 2.34. The summed E-state index contributed by atoms with van der Waals surface area (Å²) in [4.78, 5) is 32.1. The molecule has 7 nitrogen and oxygen atoms in total. The Hall–Kier alpha value is -2.38. The van der Waals surface area contributed by atoms with Gasteiger partial charge in [0.05, 0.1) is 0 Å². The summed E-state index contributed by atoms with van der Waals surface area (Å²) < 4.78 is 0. The van der Waals surface area contributed by atoms with Crippen molar-refractivity contribution in [3.63, 3.8) is 0 Å². The summed E-state index contributed by atoms with van der Waals surface area (Å²) in [5, 5.41) is 10.8. The highest BCUT2D eigenvalue weighted by atomic mass is 16.4. The van der Waals surface area contributed by atoms with Gasteiger partial charge >= 0.3 is 5.97 Å². The van der Waals surface area contributed by atoms with Crippen LogP contribution in [0.5, 0.6) is 0 Å². The fourth-order valence-corrected chi connectivity index (χ4v) is 5.49. The molecule has 7 heteroatoms. The quantitative estimate of drug-likeness (QED) is 0.701. The highest BCUT2D eigenvalue weighted by Gasteiger charge is 2.45. The Morgan fingerprint density at radius 2 is 1.77 bits per heavy atom. The number of likely N-dealkylation sites (tertiary alicyclic amines) is 2. The van der Waals surface area contributed by atoms with Gasteiger partial charge in [-0.25, -0.2) is 4.79 Å². The number of nitrogens with one attached hydrogen (secondary N) is 1. The van der Waals surface area contributed by atoms with Crippen molar-refractivity contribution in [1.29, 1.82) is 0 Å². The third kappa shape index (κ3) is 3.61. The summed E-state index contributed by atoms with van der Waals surface area (Å²) in [7, 11) is 0. The smallest absolute Gasteiger partial charge is 0.352 e. The molecule has 162 valence electrons. The molecule has 0 spiro atoms. The molecule has 0 aliphatic carbocycles. The van der Waals surface area contributed by atoms with Gasteiger partial charge in [0.1, 0.15) is 11.2 Å². The maximum absolute atomic E-state index is 12.5. The van der Waals surface area contributed by atoms with Crippen LogP contribution in [0.15, 0.2) is 12.1 Å². The molecule has 2 aliphatic rings. The summed E-state index contributed by atoms with van der Waals surface area (Å²) >= 11 is 0. The SMILES string of the molecule is Cc1cc(C)c2c(CN3CCC(C(N)=O)(N4CCCCC4)CC3)c(C(=O)O)[nH]c2c1. The van der Waals surface area contributed by atoms with Gasteiger partial charge in [-0.15, -0.1) is 0 Å². The van der Waals surface area contributed by atoms with Gasteiger partial charge in [0.2, 0.25) is 5.91 Å². The topological polar surface area (TPSA) is 103 Å². The van der Waals surface area contributed by atoms with E-state index >= 15 is 0 Å². The van der Waals surface area contributed by atoms with E-state index < -0.39 is 11.5 Å². The van der Waals surface area contributed by atoms with Crippen LogP contribution in [-0.2, 0) is 11.3 Å².